The zero-order chi connectivity index (χ0) is 18.8. The first-order chi connectivity index (χ1) is 13.2. The van der Waals surface area contributed by atoms with Crippen LogP contribution < -0.4 is 10.1 Å². The molecule has 1 unspecified atom stereocenters. The van der Waals surface area contributed by atoms with E-state index in [1.807, 2.05) is 49.4 Å². The van der Waals surface area contributed by atoms with Crippen molar-refractivity contribution < 1.29 is 9.53 Å². The van der Waals surface area contributed by atoms with E-state index in [0.29, 0.717) is 11.3 Å². The summed E-state index contributed by atoms with van der Waals surface area (Å²) < 4.78 is 8.15. The lowest BCUT2D eigenvalue weighted by molar-refractivity contribution is 0.0913. The molecule has 1 amide bonds. The number of ether oxygens (including phenoxy) is 1. The number of nitrogens with zero attached hydrogens (tertiary/aromatic N) is 2. The predicted octanol–water partition coefficient (Wildman–Crippen LogP) is 4.48. The molecule has 1 aliphatic rings. The molecule has 0 spiro atoms. The Balaban J connectivity index is 1.56. The first-order valence-electron chi connectivity index (χ1n) is 9.69. The van der Waals surface area contributed by atoms with Gasteiger partial charge in [-0.3, -0.25) is 4.79 Å². The van der Waals surface area contributed by atoms with E-state index in [0.717, 1.165) is 36.2 Å². The Labute approximate surface area is 159 Å². The topological polar surface area (TPSA) is 56.2 Å². The van der Waals surface area contributed by atoms with Gasteiger partial charge in [0.05, 0.1) is 28.7 Å². The summed E-state index contributed by atoms with van der Waals surface area (Å²) in [6.45, 7) is 4.87. The molecule has 0 radical (unpaired) electrons. The SMILES string of the molecule is CCn1c(C(C)NC(=O)c2ccccc2OC2CCC2)nc2ccccc21. The van der Waals surface area contributed by atoms with Crippen molar-refractivity contribution in [2.45, 2.75) is 51.8 Å². The number of hydrogen-bond acceptors (Lipinski definition) is 3. The number of rotatable bonds is 6. The van der Waals surface area contributed by atoms with Crippen LogP contribution in [0.3, 0.4) is 0 Å². The Morgan fingerprint density at radius 2 is 1.96 bits per heavy atom. The summed E-state index contributed by atoms with van der Waals surface area (Å²) >= 11 is 0. The summed E-state index contributed by atoms with van der Waals surface area (Å²) in [5.74, 6) is 1.40. The van der Waals surface area contributed by atoms with Gasteiger partial charge >= 0.3 is 0 Å². The summed E-state index contributed by atoms with van der Waals surface area (Å²) in [6.07, 6.45) is 3.56. The summed E-state index contributed by atoms with van der Waals surface area (Å²) in [6, 6.07) is 15.3. The highest BCUT2D eigenvalue weighted by molar-refractivity contribution is 5.97. The Morgan fingerprint density at radius 1 is 1.22 bits per heavy atom. The maximum absolute atomic E-state index is 12.9. The summed E-state index contributed by atoms with van der Waals surface area (Å²) in [7, 11) is 0. The second-order valence-electron chi connectivity index (χ2n) is 7.07. The number of aryl methyl sites for hydroxylation is 1. The van der Waals surface area contributed by atoms with Gasteiger partial charge in [0.15, 0.2) is 0 Å². The second kappa shape index (κ2) is 7.43. The molecule has 5 heteroatoms. The van der Waals surface area contributed by atoms with Gasteiger partial charge in [0.2, 0.25) is 0 Å². The second-order valence-corrected chi connectivity index (χ2v) is 7.07. The molecule has 4 rings (SSSR count). The van der Waals surface area contributed by atoms with Crippen LogP contribution in [-0.4, -0.2) is 21.6 Å². The molecule has 1 heterocycles. The third kappa shape index (κ3) is 3.42. The van der Waals surface area contributed by atoms with Crippen LogP contribution in [0.1, 0.15) is 55.3 Å². The molecule has 0 saturated heterocycles. The highest BCUT2D eigenvalue weighted by Gasteiger charge is 2.23. The van der Waals surface area contributed by atoms with Crippen LogP contribution in [0.2, 0.25) is 0 Å². The summed E-state index contributed by atoms with van der Waals surface area (Å²) in [5, 5.41) is 3.10. The van der Waals surface area contributed by atoms with Gasteiger partial charge in [0.25, 0.3) is 5.91 Å². The number of para-hydroxylation sites is 3. The van der Waals surface area contributed by atoms with E-state index >= 15 is 0 Å². The average molecular weight is 363 g/mol. The van der Waals surface area contributed by atoms with Crippen LogP contribution in [0.25, 0.3) is 11.0 Å². The van der Waals surface area contributed by atoms with E-state index < -0.39 is 0 Å². The van der Waals surface area contributed by atoms with Gasteiger partial charge in [-0.1, -0.05) is 24.3 Å². The Bertz CT molecular complexity index is 959. The van der Waals surface area contributed by atoms with Crippen LogP contribution >= 0.6 is 0 Å². The van der Waals surface area contributed by atoms with E-state index in [2.05, 4.69) is 22.9 Å². The predicted molar refractivity (Wildman–Crippen MR) is 106 cm³/mol. The molecule has 1 N–H and O–H groups in total. The maximum Gasteiger partial charge on any atom is 0.255 e. The molecule has 1 fully saturated rings. The molecule has 1 atom stereocenters. The Morgan fingerprint density at radius 3 is 2.70 bits per heavy atom. The van der Waals surface area contributed by atoms with Crippen LogP contribution in [-0.2, 0) is 6.54 Å². The van der Waals surface area contributed by atoms with Gasteiger partial charge in [0.1, 0.15) is 11.6 Å². The molecule has 5 nitrogen and oxygen atoms in total. The number of benzene rings is 2. The minimum Gasteiger partial charge on any atom is -0.490 e. The van der Waals surface area contributed by atoms with Gasteiger partial charge in [0, 0.05) is 6.54 Å². The third-order valence-electron chi connectivity index (χ3n) is 5.21. The first-order valence-corrected chi connectivity index (χ1v) is 9.69. The normalized spacial score (nSPS) is 15.3. The summed E-state index contributed by atoms with van der Waals surface area (Å²) in [5.41, 5.74) is 2.62. The fourth-order valence-electron chi connectivity index (χ4n) is 3.52. The molecule has 1 aromatic heterocycles. The van der Waals surface area contributed by atoms with E-state index in [4.69, 9.17) is 9.72 Å². The van der Waals surface area contributed by atoms with Crippen molar-refractivity contribution in [3.8, 4) is 5.75 Å². The maximum atomic E-state index is 12.9. The van der Waals surface area contributed by atoms with Gasteiger partial charge < -0.3 is 14.6 Å². The molecular formula is C22H25N3O2. The molecule has 1 aliphatic carbocycles. The number of nitrogens with one attached hydrogen (secondary N) is 1. The van der Waals surface area contributed by atoms with Gasteiger partial charge in [-0.15, -0.1) is 0 Å². The Kier molecular flexibility index (Phi) is 4.84. The van der Waals surface area contributed by atoms with E-state index in [1.54, 1.807) is 0 Å². The van der Waals surface area contributed by atoms with Crippen LogP contribution in [0.5, 0.6) is 5.75 Å². The number of imidazole rings is 1. The molecule has 2 aromatic carbocycles. The summed E-state index contributed by atoms with van der Waals surface area (Å²) in [4.78, 5) is 17.7. The fourth-order valence-corrected chi connectivity index (χ4v) is 3.52. The molecular weight excluding hydrogens is 338 g/mol. The number of amides is 1. The number of hydrogen-bond donors (Lipinski definition) is 1. The highest BCUT2D eigenvalue weighted by atomic mass is 16.5. The lowest BCUT2D eigenvalue weighted by Gasteiger charge is -2.27. The molecule has 3 aromatic rings. The van der Waals surface area contributed by atoms with Crippen molar-refractivity contribution in [3.63, 3.8) is 0 Å². The lowest BCUT2D eigenvalue weighted by atomic mass is 9.96. The van der Waals surface area contributed by atoms with Crippen LogP contribution in [0.4, 0.5) is 0 Å². The molecule has 0 aliphatic heterocycles. The Hall–Kier alpha value is -2.82. The first kappa shape index (κ1) is 17.6. The number of fused-ring (bicyclic) bond motifs is 1. The van der Waals surface area contributed by atoms with Crippen LogP contribution in [0.15, 0.2) is 48.5 Å². The minimum atomic E-state index is -0.207. The monoisotopic (exact) mass is 363 g/mol. The smallest absolute Gasteiger partial charge is 0.255 e. The van der Waals surface area contributed by atoms with E-state index in [-0.39, 0.29) is 18.1 Å². The quantitative estimate of drug-likeness (QED) is 0.702. The van der Waals surface area contributed by atoms with Crippen molar-refractivity contribution in [2.75, 3.05) is 0 Å². The third-order valence-corrected chi connectivity index (χ3v) is 5.21. The lowest BCUT2D eigenvalue weighted by Crippen LogP contribution is -2.30. The fraction of sp³-hybridized carbons (Fsp3) is 0.364. The molecule has 140 valence electrons. The number of carbonyl (C=O) groups is 1. The average Bonchev–Trinajstić information content (AvgIpc) is 3.03. The van der Waals surface area contributed by atoms with Crippen molar-refractivity contribution in [1.29, 1.82) is 0 Å². The number of aromatic nitrogens is 2. The van der Waals surface area contributed by atoms with Crippen molar-refractivity contribution >= 4 is 16.9 Å². The van der Waals surface area contributed by atoms with Crippen molar-refractivity contribution in [1.82, 2.24) is 14.9 Å². The number of carbonyl (C=O) groups excluding carboxylic acids is 1. The molecule has 27 heavy (non-hydrogen) atoms. The van der Waals surface area contributed by atoms with Gasteiger partial charge in [-0.05, 0) is 57.4 Å². The van der Waals surface area contributed by atoms with Gasteiger partial charge in [-0.25, -0.2) is 4.98 Å². The minimum absolute atomic E-state index is 0.132. The highest BCUT2D eigenvalue weighted by Crippen LogP contribution is 2.28. The largest absolute Gasteiger partial charge is 0.490 e. The zero-order valence-corrected chi connectivity index (χ0v) is 15.8. The molecule has 1 saturated carbocycles. The van der Waals surface area contributed by atoms with Crippen LogP contribution in [0, 0.1) is 0 Å². The van der Waals surface area contributed by atoms with E-state index in [1.165, 1.54) is 6.42 Å². The van der Waals surface area contributed by atoms with E-state index in [9.17, 15) is 4.79 Å². The zero-order valence-electron chi connectivity index (χ0n) is 15.8. The van der Waals surface area contributed by atoms with Crippen molar-refractivity contribution in [2.24, 2.45) is 0 Å². The van der Waals surface area contributed by atoms with Gasteiger partial charge in [-0.2, -0.15) is 0 Å². The standard InChI is InChI=1S/C22H25N3O2/c1-3-25-19-13-6-5-12-18(19)24-21(25)15(2)23-22(26)17-11-4-7-14-20(17)27-16-9-8-10-16/h4-7,11-16H,3,8-10H2,1-2H3,(H,23,26). The molecule has 0 bridgehead atoms. The van der Waals surface area contributed by atoms with Crippen molar-refractivity contribution in [3.05, 3.63) is 59.9 Å².